The van der Waals surface area contributed by atoms with Crippen LogP contribution in [0.3, 0.4) is 0 Å². The van der Waals surface area contributed by atoms with Crippen molar-refractivity contribution in [3.05, 3.63) is 35.4 Å². The Labute approximate surface area is 93.2 Å². The maximum Gasteiger partial charge on any atom is 0.349 e. The van der Waals surface area contributed by atoms with E-state index in [-0.39, 0.29) is 29.4 Å². The molecule has 1 aromatic heterocycles. The second-order valence-corrected chi connectivity index (χ2v) is 4.28. The minimum absolute atomic E-state index is 0.128. The Morgan fingerprint density at radius 2 is 2.56 bits per heavy atom. The first-order chi connectivity index (χ1) is 7.61. The summed E-state index contributed by atoms with van der Waals surface area (Å²) in [5, 5.41) is 9.09. The number of nitrogens with zero attached hydrogens (tertiary/aromatic N) is 2. The maximum absolute atomic E-state index is 11.5. The zero-order chi connectivity index (χ0) is 11.8. The molecule has 1 saturated carbocycles. The molecule has 1 fully saturated rings. The van der Waals surface area contributed by atoms with Crippen molar-refractivity contribution in [3.8, 4) is 0 Å². The van der Waals surface area contributed by atoms with Gasteiger partial charge in [0, 0.05) is 24.8 Å². The minimum atomic E-state index is -0.357. The van der Waals surface area contributed by atoms with Crippen LogP contribution in [0, 0.1) is 11.3 Å². The van der Waals surface area contributed by atoms with Crippen LogP contribution in [0.5, 0.6) is 0 Å². The predicted molar refractivity (Wildman–Crippen MR) is 60.7 cm³/mol. The summed E-state index contributed by atoms with van der Waals surface area (Å²) in [5.74, 6) is 0.429. The molecule has 1 aromatic rings. The van der Waals surface area contributed by atoms with Gasteiger partial charge in [-0.15, -0.1) is 6.58 Å². The summed E-state index contributed by atoms with van der Waals surface area (Å²) in [6.07, 6.45) is 4.31. The standard InChI is InChI=1S/C11H15N3O2/c1-2-11(5-8(11)6-15)7-14-4-3-9(12)13-10(14)16/h2-4,8,15H,1,5-7H2,(H2,12,13,16)/t8-,11-/m0/s1. The average molecular weight is 221 g/mol. The van der Waals surface area contributed by atoms with Gasteiger partial charge in [0.25, 0.3) is 0 Å². The molecule has 0 saturated heterocycles. The van der Waals surface area contributed by atoms with Crippen molar-refractivity contribution in [1.29, 1.82) is 0 Å². The Bertz CT molecular complexity index is 469. The van der Waals surface area contributed by atoms with Crippen LogP contribution in [0.25, 0.3) is 0 Å². The minimum Gasteiger partial charge on any atom is -0.396 e. The first-order valence-electron chi connectivity index (χ1n) is 5.19. The van der Waals surface area contributed by atoms with Crippen LogP contribution in [0.15, 0.2) is 29.7 Å². The van der Waals surface area contributed by atoms with Gasteiger partial charge in [0.05, 0.1) is 0 Å². The van der Waals surface area contributed by atoms with Crippen LogP contribution in [-0.2, 0) is 6.54 Å². The molecule has 0 bridgehead atoms. The predicted octanol–water partition coefficient (Wildman–Crippen LogP) is 0.0101. The Kier molecular flexibility index (Phi) is 2.55. The molecule has 86 valence electrons. The largest absolute Gasteiger partial charge is 0.396 e. The molecule has 0 spiro atoms. The summed E-state index contributed by atoms with van der Waals surface area (Å²) in [4.78, 5) is 15.2. The van der Waals surface area contributed by atoms with Crippen molar-refractivity contribution in [2.24, 2.45) is 11.3 Å². The molecule has 1 heterocycles. The molecule has 0 amide bonds. The van der Waals surface area contributed by atoms with Crippen LogP contribution >= 0.6 is 0 Å². The summed E-state index contributed by atoms with van der Waals surface area (Å²) >= 11 is 0. The van der Waals surface area contributed by atoms with Gasteiger partial charge in [-0.1, -0.05) is 6.08 Å². The second-order valence-electron chi connectivity index (χ2n) is 4.28. The number of aliphatic hydroxyl groups is 1. The highest BCUT2D eigenvalue weighted by Crippen LogP contribution is 2.54. The van der Waals surface area contributed by atoms with Crippen molar-refractivity contribution >= 4 is 5.82 Å². The summed E-state index contributed by atoms with van der Waals surface area (Å²) in [5.41, 5.74) is 4.90. The van der Waals surface area contributed by atoms with E-state index in [9.17, 15) is 4.79 Å². The Morgan fingerprint density at radius 1 is 1.81 bits per heavy atom. The smallest absolute Gasteiger partial charge is 0.349 e. The Hall–Kier alpha value is -1.62. The zero-order valence-corrected chi connectivity index (χ0v) is 8.97. The summed E-state index contributed by atoms with van der Waals surface area (Å²) in [6.45, 7) is 4.40. The normalized spacial score (nSPS) is 27.7. The van der Waals surface area contributed by atoms with Crippen molar-refractivity contribution < 1.29 is 5.11 Å². The summed E-state index contributed by atoms with van der Waals surface area (Å²) in [6, 6.07) is 1.59. The molecule has 0 radical (unpaired) electrons. The van der Waals surface area contributed by atoms with E-state index in [1.54, 1.807) is 12.3 Å². The van der Waals surface area contributed by atoms with E-state index in [1.807, 2.05) is 6.08 Å². The van der Waals surface area contributed by atoms with E-state index in [0.29, 0.717) is 6.54 Å². The fourth-order valence-corrected chi connectivity index (χ4v) is 2.03. The van der Waals surface area contributed by atoms with E-state index < -0.39 is 0 Å². The first-order valence-corrected chi connectivity index (χ1v) is 5.19. The van der Waals surface area contributed by atoms with Crippen molar-refractivity contribution in [1.82, 2.24) is 9.55 Å². The monoisotopic (exact) mass is 221 g/mol. The molecule has 5 nitrogen and oxygen atoms in total. The molecule has 1 aliphatic rings. The SMILES string of the molecule is C=C[C@@]1(Cn2ccc(N)nc2=O)C[C@H]1CO. The van der Waals surface area contributed by atoms with Gasteiger partial charge in [-0.05, 0) is 18.4 Å². The molecule has 3 N–H and O–H groups in total. The highest BCUT2D eigenvalue weighted by atomic mass is 16.3. The lowest BCUT2D eigenvalue weighted by Crippen LogP contribution is -2.27. The Morgan fingerprint density at radius 3 is 3.06 bits per heavy atom. The van der Waals surface area contributed by atoms with Gasteiger partial charge in [-0.2, -0.15) is 4.98 Å². The summed E-state index contributed by atoms with van der Waals surface area (Å²) < 4.78 is 1.51. The number of hydrogen-bond donors (Lipinski definition) is 2. The topological polar surface area (TPSA) is 81.1 Å². The Balaban J connectivity index is 2.21. The van der Waals surface area contributed by atoms with E-state index >= 15 is 0 Å². The fourth-order valence-electron chi connectivity index (χ4n) is 2.03. The highest BCUT2D eigenvalue weighted by Gasteiger charge is 2.51. The van der Waals surface area contributed by atoms with Crippen LogP contribution in [0.2, 0.25) is 0 Å². The van der Waals surface area contributed by atoms with Crippen LogP contribution < -0.4 is 11.4 Å². The van der Waals surface area contributed by atoms with Gasteiger partial charge >= 0.3 is 5.69 Å². The molecule has 0 aromatic carbocycles. The quantitative estimate of drug-likeness (QED) is 0.702. The highest BCUT2D eigenvalue weighted by molar-refractivity contribution is 5.24. The van der Waals surface area contributed by atoms with Crippen LogP contribution in [0.1, 0.15) is 6.42 Å². The zero-order valence-electron chi connectivity index (χ0n) is 8.97. The molecule has 2 rings (SSSR count). The van der Waals surface area contributed by atoms with Crippen LogP contribution in [-0.4, -0.2) is 21.3 Å². The van der Waals surface area contributed by atoms with Gasteiger partial charge in [0.15, 0.2) is 0 Å². The van der Waals surface area contributed by atoms with Gasteiger partial charge in [0.2, 0.25) is 0 Å². The van der Waals surface area contributed by atoms with Crippen molar-refractivity contribution in [2.45, 2.75) is 13.0 Å². The van der Waals surface area contributed by atoms with Gasteiger partial charge < -0.3 is 10.8 Å². The molecule has 1 aliphatic carbocycles. The third kappa shape index (κ3) is 1.74. The molecule has 2 atom stereocenters. The molecular weight excluding hydrogens is 206 g/mol. The van der Waals surface area contributed by atoms with Crippen molar-refractivity contribution in [2.75, 3.05) is 12.3 Å². The number of allylic oxidation sites excluding steroid dienone is 1. The lowest BCUT2D eigenvalue weighted by atomic mass is 10.0. The number of aliphatic hydroxyl groups excluding tert-OH is 1. The van der Waals surface area contributed by atoms with E-state index in [0.717, 1.165) is 6.42 Å². The molecule has 0 aliphatic heterocycles. The van der Waals surface area contributed by atoms with Gasteiger partial charge in [0.1, 0.15) is 5.82 Å². The van der Waals surface area contributed by atoms with Gasteiger partial charge in [-0.3, -0.25) is 4.57 Å². The number of nitrogens with two attached hydrogens (primary N) is 1. The molecule has 0 unspecified atom stereocenters. The number of rotatable bonds is 4. The average Bonchev–Trinajstić information content (AvgIpc) is 2.97. The number of nitrogen functional groups attached to an aromatic ring is 1. The fraction of sp³-hybridized carbons (Fsp3) is 0.455. The van der Waals surface area contributed by atoms with Crippen LogP contribution in [0.4, 0.5) is 5.82 Å². The third-order valence-electron chi connectivity index (χ3n) is 3.27. The van der Waals surface area contributed by atoms with Gasteiger partial charge in [-0.25, -0.2) is 4.79 Å². The lowest BCUT2D eigenvalue weighted by molar-refractivity contribution is 0.253. The van der Waals surface area contributed by atoms with E-state index in [4.69, 9.17) is 10.8 Å². The molecule has 5 heteroatoms. The first kappa shape index (κ1) is 10.9. The van der Waals surface area contributed by atoms with E-state index in [2.05, 4.69) is 11.6 Å². The molecular formula is C11H15N3O2. The summed E-state index contributed by atoms with van der Waals surface area (Å²) in [7, 11) is 0. The number of aromatic nitrogens is 2. The van der Waals surface area contributed by atoms with Crippen molar-refractivity contribution in [3.63, 3.8) is 0 Å². The molecule has 16 heavy (non-hydrogen) atoms. The van der Waals surface area contributed by atoms with E-state index in [1.165, 1.54) is 4.57 Å². The number of hydrogen-bond acceptors (Lipinski definition) is 4. The lowest BCUT2D eigenvalue weighted by Gasteiger charge is -2.13. The second kappa shape index (κ2) is 3.75. The number of anilines is 1. The third-order valence-corrected chi connectivity index (χ3v) is 3.27. The maximum atomic E-state index is 11.5.